The van der Waals surface area contributed by atoms with Gasteiger partial charge in [0.05, 0.1) is 6.04 Å². The highest BCUT2D eigenvalue weighted by Gasteiger charge is 2.11. The first kappa shape index (κ1) is 18.9. The molecular weight excluding hydrogens is 318 g/mol. The second-order valence-corrected chi connectivity index (χ2v) is 6.13. The monoisotopic (exact) mass is 341 g/mol. The Morgan fingerprint density at radius 3 is 2.95 bits per heavy atom. The zero-order valence-electron chi connectivity index (χ0n) is 12.8. The Kier molecular flexibility index (Phi) is 8.38. The molecule has 0 spiro atoms. The van der Waals surface area contributed by atoms with Gasteiger partial charge in [0.25, 0.3) is 0 Å². The summed E-state index contributed by atoms with van der Waals surface area (Å²) in [5.74, 6) is 0.882. The van der Waals surface area contributed by atoms with E-state index in [9.17, 15) is 4.79 Å². The Morgan fingerprint density at radius 2 is 2.18 bits per heavy atom. The topological polar surface area (TPSA) is 70.9 Å². The molecule has 0 saturated heterocycles. The summed E-state index contributed by atoms with van der Waals surface area (Å²) in [6.45, 7) is 0.672. The molecule has 2 aromatic rings. The van der Waals surface area contributed by atoms with Gasteiger partial charge in [0.1, 0.15) is 0 Å². The lowest BCUT2D eigenvalue weighted by Crippen LogP contribution is -2.41. The van der Waals surface area contributed by atoms with E-state index in [0.29, 0.717) is 6.54 Å². The number of aryl methyl sites for hydroxylation is 1. The van der Waals surface area contributed by atoms with E-state index in [1.54, 1.807) is 11.8 Å². The van der Waals surface area contributed by atoms with Crippen LogP contribution in [0.4, 0.5) is 0 Å². The van der Waals surface area contributed by atoms with Gasteiger partial charge >= 0.3 is 0 Å². The summed E-state index contributed by atoms with van der Waals surface area (Å²) in [6.07, 6.45) is 6.67. The molecule has 0 fully saturated rings. The molecule has 0 saturated carbocycles. The second kappa shape index (κ2) is 9.77. The van der Waals surface area contributed by atoms with Gasteiger partial charge in [-0.15, -0.1) is 12.4 Å². The number of rotatable bonds is 8. The number of nitrogens with one attached hydrogen (secondary N) is 2. The van der Waals surface area contributed by atoms with Crippen LogP contribution < -0.4 is 11.1 Å². The van der Waals surface area contributed by atoms with Crippen molar-refractivity contribution in [1.82, 2.24) is 10.3 Å². The number of halogens is 1. The fourth-order valence-corrected chi connectivity index (χ4v) is 2.83. The summed E-state index contributed by atoms with van der Waals surface area (Å²) in [5.41, 5.74) is 8.28. The highest BCUT2D eigenvalue weighted by molar-refractivity contribution is 7.98. The molecule has 6 heteroatoms. The lowest BCUT2D eigenvalue weighted by Gasteiger charge is -2.11. The van der Waals surface area contributed by atoms with Crippen molar-refractivity contribution in [3.8, 4) is 0 Å². The largest absolute Gasteiger partial charge is 0.361 e. The van der Waals surface area contributed by atoms with E-state index >= 15 is 0 Å². The predicted molar refractivity (Wildman–Crippen MR) is 97.9 cm³/mol. The minimum absolute atomic E-state index is 0. The number of aromatic nitrogens is 1. The average molecular weight is 342 g/mol. The van der Waals surface area contributed by atoms with Crippen LogP contribution in [-0.4, -0.2) is 35.5 Å². The molecule has 0 aliphatic carbocycles. The highest BCUT2D eigenvalue weighted by atomic mass is 35.5. The van der Waals surface area contributed by atoms with Gasteiger partial charge in [-0.25, -0.2) is 0 Å². The number of fused-ring (bicyclic) bond motifs is 1. The van der Waals surface area contributed by atoms with Gasteiger partial charge in [0, 0.05) is 23.6 Å². The predicted octanol–water partition coefficient (Wildman–Crippen LogP) is 2.72. The number of hydrogen-bond donors (Lipinski definition) is 3. The zero-order chi connectivity index (χ0) is 15.1. The van der Waals surface area contributed by atoms with Gasteiger partial charge in [-0.3, -0.25) is 4.79 Å². The summed E-state index contributed by atoms with van der Waals surface area (Å²) in [5, 5.41) is 4.18. The molecule has 4 N–H and O–H groups in total. The van der Waals surface area contributed by atoms with Gasteiger partial charge in [0.15, 0.2) is 0 Å². The molecule has 0 radical (unpaired) electrons. The fraction of sp³-hybridized carbons (Fsp3) is 0.438. The number of aromatic amines is 1. The first-order chi connectivity index (χ1) is 10.2. The Hall–Kier alpha value is -1.17. The zero-order valence-corrected chi connectivity index (χ0v) is 14.4. The summed E-state index contributed by atoms with van der Waals surface area (Å²) in [4.78, 5) is 15.0. The minimum atomic E-state index is -0.384. The number of H-pyrrole nitrogens is 1. The number of benzene rings is 1. The van der Waals surface area contributed by atoms with Crippen molar-refractivity contribution >= 4 is 41.0 Å². The van der Waals surface area contributed by atoms with Crippen molar-refractivity contribution in [2.75, 3.05) is 18.6 Å². The average Bonchev–Trinajstić information content (AvgIpc) is 2.92. The van der Waals surface area contributed by atoms with Crippen LogP contribution in [0.15, 0.2) is 30.5 Å². The van der Waals surface area contributed by atoms with E-state index in [1.165, 1.54) is 10.9 Å². The van der Waals surface area contributed by atoms with Crippen molar-refractivity contribution < 1.29 is 4.79 Å². The fourth-order valence-electron chi connectivity index (χ4n) is 2.34. The van der Waals surface area contributed by atoms with Crippen molar-refractivity contribution in [2.45, 2.75) is 25.3 Å². The number of carbonyl (C=O) groups excluding carboxylic acids is 1. The third kappa shape index (κ3) is 5.23. The molecule has 1 amide bonds. The van der Waals surface area contributed by atoms with Crippen molar-refractivity contribution in [3.63, 3.8) is 0 Å². The summed E-state index contributed by atoms with van der Waals surface area (Å²) >= 11 is 1.71. The van der Waals surface area contributed by atoms with Gasteiger partial charge in [-0.05, 0) is 42.9 Å². The SMILES string of the molecule is CSCC[C@H](N)C(=O)NCCCc1c[nH]c2ccccc12.Cl. The molecule has 1 atom stereocenters. The maximum atomic E-state index is 11.8. The molecule has 1 aromatic heterocycles. The molecular formula is C16H24ClN3OS. The molecule has 22 heavy (non-hydrogen) atoms. The van der Waals surface area contributed by atoms with Crippen LogP contribution in [0.3, 0.4) is 0 Å². The Labute approximate surface area is 142 Å². The smallest absolute Gasteiger partial charge is 0.236 e. The Bertz CT molecular complexity index is 588. The Balaban J connectivity index is 0.00000242. The van der Waals surface area contributed by atoms with E-state index in [1.807, 2.05) is 18.4 Å². The first-order valence-corrected chi connectivity index (χ1v) is 8.69. The molecule has 0 unspecified atom stereocenters. The molecule has 122 valence electrons. The number of hydrogen-bond acceptors (Lipinski definition) is 3. The third-order valence-corrected chi connectivity index (χ3v) is 4.21. The quantitative estimate of drug-likeness (QED) is 0.646. The van der Waals surface area contributed by atoms with Gasteiger partial charge in [0.2, 0.25) is 5.91 Å². The Morgan fingerprint density at radius 1 is 1.41 bits per heavy atom. The maximum Gasteiger partial charge on any atom is 0.236 e. The van der Waals surface area contributed by atoms with Crippen LogP contribution in [0, 0.1) is 0 Å². The van der Waals surface area contributed by atoms with Gasteiger partial charge in [-0.1, -0.05) is 18.2 Å². The highest BCUT2D eigenvalue weighted by Crippen LogP contribution is 2.18. The normalized spacial score (nSPS) is 11.9. The molecule has 0 aliphatic rings. The van der Waals surface area contributed by atoms with Gasteiger partial charge in [-0.2, -0.15) is 11.8 Å². The summed E-state index contributed by atoms with van der Waals surface area (Å²) < 4.78 is 0. The van der Waals surface area contributed by atoms with Gasteiger partial charge < -0.3 is 16.0 Å². The molecule has 1 heterocycles. The van der Waals surface area contributed by atoms with E-state index in [-0.39, 0.29) is 24.4 Å². The van der Waals surface area contributed by atoms with Crippen LogP contribution in [0.5, 0.6) is 0 Å². The standard InChI is InChI=1S/C16H23N3OS.ClH/c1-21-10-8-14(17)16(20)18-9-4-5-12-11-19-15-7-3-2-6-13(12)15;/h2-3,6-7,11,14,19H,4-5,8-10,17H2,1H3,(H,18,20);1H/t14-;/m0./s1. The van der Waals surface area contributed by atoms with E-state index < -0.39 is 0 Å². The van der Waals surface area contributed by atoms with E-state index in [0.717, 1.165) is 30.5 Å². The number of para-hydroxylation sites is 1. The minimum Gasteiger partial charge on any atom is -0.361 e. The van der Waals surface area contributed by atoms with Crippen molar-refractivity contribution in [2.24, 2.45) is 5.73 Å². The summed E-state index contributed by atoms with van der Waals surface area (Å²) in [6, 6.07) is 7.89. The van der Waals surface area contributed by atoms with Crippen LogP contribution in [-0.2, 0) is 11.2 Å². The second-order valence-electron chi connectivity index (χ2n) is 5.14. The number of carbonyl (C=O) groups is 1. The first-order valence-electron chi connectivity index (χ1n) is 7.29. The molecule has 2 rings (SSSR count). The third-order valence-electron chi connectivity index (χ3n) is 3.57. The molecule has 4 nitrogen and oxygen atoms in total. The van der Waals surface area contributed by atoms with Crippen molar-refractivity contribution in [3.05, 3.63) is 36.0 Å². The van der Waals surface area contributed by atoms with E-state index in [4.69, 9.17) is 5.73 Å². The molecule has 0 aliphatic heterocycles. The maximum absolute atomic E-state index is 11.8. The van der Waals surface area contributed by atoms with Crippen molar-refractivity contribution in [1.29, 1.82) is 0 Å². The lowest BCUT2D eigenvalue weighted by atomic mass is 10.1. The summed E-state index contributed by atoms with van der Waals surface area (Å²) in [7, 11) is 0. The molecule has 0 bridgehead atoms. The lowest BCUT2D eigenvalue weighted by molar-refractivity contribution is -0.122. The molecule has 1 aromatic carbocycles. The number of nitrogens with two attached hydrogens (primary N) is 1. The van der Waals surface area contributed by atoms with Crippen LogP contribution >= 0.6 is 24.2 Å². The number of amides is 1. The van der Waals surface area contributed by atoms with E-state index in [2.05, 4.69) is 28.6 Å². The number of thioether (sulfide) groups is 1. The van der Waals surface area contributed by atoms with Crippen LogP contribution in [0.2, 0.25) is 0 Å². The van der Waals surface area contributed by atoms with Crippen LogP contribution in [0.1, 0.15) is 18.4 Å². The van der Waals surface area contributed by atoms with Crippen LogP contribution in [0.25, 0.3) is 10.9 Å².